The lowest BCUT2D eigenvalue weighted by Crippen LogP contribution is -2.67. The molecule has 2 aliphatic rings. The second kappa shape index (κ2) is 17.6. The molecule has 10 unspecified atom stereocenters. The van der Waals surface area contributed by atoms with Crippen LogP contribution in [0.2, 0.25) is 0 Å². The van der Waals surface area contributed by atoms with E-state index < -0.39 is 80.5 Å². The second-order valence-corrected chi connectivity index (χ2v) is 11.6. The predicted molar refractivity (Wildman–Crippen MR) is 156 cm³/mol. The zero-order valence-electron chi connectivity index (χ0n) is 25.5. The van der Waals surface area contributed by atoms with Gasteiger partial charge in [-0.2, -0.15) is 0 Å². The number of aliphatic hydroxyl groups is 7. The van der Waals surface area contributed by atoms with E-state index in [-0.39, 0.29) is 17.9 Å². The van der Waals surface area contributed by atoms with E-state index in [1.807, 2.05) is 0 Å². The Labute approximate surface area is 258 Å². The quantitative estimate of drug-likeness (QED) is 0.0962. The molecule has 2 saturated heterocycles. The molecule has 0 saturated carbocycles. The first-order chi connectivity index (χ1) is 21.0. The van der Waals surface area contributed by atoms with Crippen LogP contribution in [-0.2, 0) is 14.2 Å². The van der Waals surface area contributed by atoms with Crippen LogP contribution in [0.3, 0.4) is 0 Å². The number of carbonyl (C=O) groups is 2. The van der Waals surface area contributed by atoms with Crippen molar-refractivity contribution < 1.29 is 59.5 Å². The lowest BCUT2D eigenvalue weighted by Gasteiger charge is -2.48. The van der Waals surface area contributed by atoms with E-state index in [9.17, 15) is 45.3 Å². The zero-order valence-corrected chi connectivity index (χ0v) is 25.5. The van der Waals surface area contributed by atoms with Gasteiger partial charge < -0.3 is 54.9 Å². The Hall–Kier alpha value is -2.04. The smallest absolute Gasteiger partial charge is 0.255 e. The first-order valence-corrected chi connectivity index (χ1v) is 15.6. The average molecular weight is 628 g/mol. The van der Waals surface area contributed by atoms with Gasteiger partial charge in [-0.3, -0.25) is 9.59 Å². The molecule has 7 N–H and O–H groups in total. The highest BCUT2D eigenvalue weighted by Gasteiger charge is 2.52. The van der Waals surface area contributed by atoms with E-state index in [0.717, 1.165) is 32.1 Å². The van der Waals surface area contributed by atoms with Crippen molar-refractivity contribution in [3.8, 4) is 0 Å². The second-order valence-electron chi connectivity index (χ2n) is 11.6. The third kappa shape index (κ3) is 9.03. The standard InChI is InChI=1S/C31H49NO12/c1-3-4-5-6-7-8-9-10-15-32(29(41)20-13-11-19(12-14-20)18(2)35)30-26(39)25(38)28(22(17-34)42-30)44-31-27(40)24(37)23(36)21(16-33)43-31/h11-14,21-28,30-31,33-34,36-40H,3-10,15-17H2,1-2H3. The minimum Gasteiger partial charge on any atom is -0.394 e. The van der Waals surface area contributed by atoms with Gasteiger partial charge in [0, 0.05) is 17.7 Å². The Kier molecular flexibility index (Phi) is 14.6. The molecule has 250 valence electrons. The van der Waals surface area contributed by atoms with E-state index >= 15 is 0 Å². The van der Waals surface area contributed by atoms with Crippen molar-refractivity contribution in [2.24, 2.45) is 0 Å². The number of amides is 1. The summed E-state index contributed by atoms with van der Waals surface area (Å²) in [4.78, 5) is 26.8. The zero-order chi connectivity index (χ0) is 32.4. The lowest BCUT2D eigenvalue weighted by atomic mass is 9.95. The molecular weight excluding hydrogens is 578 g/mol. The maximum absolute atomic E-state index is 13.7. The van der Waals surface area contributed by atoms with Crippen LogP contribution < -0.4 is 0 Å². The highest BCUT2D eigenvalue weighted by molar-refractivity contribution is 5.97. The Balaban J connectivity index is 1.77. The highest BCUT2D eigenvalue weighted by Crippen LogP contribution is 2.31. The number of carbonyl (C=O) groups excluding carboxylic acids is 2. The summed E-state index contributed by atoms with van der Waals surface area (Å²) in [5, 5.41) is 72.5. The molecule has 0 bridgehead atoms. The number of benzene rings is 1. The van der Waals surface area contributed by atoms with E-state index in [1.54, 1.807) is 0 Å². The molecule has 10 atom stereocenters. The number of Topliss-reactive ketones (excluding diaryl/α,β-unsaturated/α-hetero) is 1. The fourth-order valence-electron chi connectivity index (χ4n) is 5.60. The third-order valence-corrected chi connectivity index (χ3v) is 8.34. The van der Waals surface area contributed by atoms with Gasteiger partial charge in [-0.25, -0.2) is 0 Å². The van der Waals surface area contributed by atoms with Crippen LogP contribution in [0, 0.1) is 0 Å². The van der Waals surface area contributed by atoms with Crippen molar-refractivity contribution >= 4 is 11.7 Å². The molecular formula is C31H49NO12. The van der Waals surface area contributed by atoms with Crippen molar-refractivity contribution in [1.82, 2.24) is 4.90 Å². The summed E-state index contributed by atoms with van der Waals surface area (Å²) >= 11 is 0. The number of hydrogen-bond donors (Lipinski definition) is 7. The minimum atomic E-state index is -1.78. The summed E-state index contributed by atoms with van der Waals surface area (Å²) < 4.78 is 17.0. The summed E-state index contributed by atoms with van der Waals surface area (Å²) in [7, 11) is 0. The fraction of sp³-hybridized carbons (Fsp3) is 0.742. The SMILES string of the molecule is CCCCCCCCCCN(C(=O)c1ccc(C(C)=O)cc1)C1OC(CO)C(OC2OC(CO)C(O)C(O)C2O)C(O)C1O. The van der Waals surface area contributed by atoms with E-state index in [4.69, 9.17) is 14.2 Å². The number of rotatable bonds is 16. The number of ketones is 1. The summed E-state index contributed by atoms with van der Waals surface area (Å²) in [6.07, 6.45) is -7.66. The molecule has 0 aromatic heterocycles. The van der Waals surface area contributed by atoms with Gasteiger partial charge in [0.15, 0.2) is 18.3 Å². The van der Waals surface area contributed by atoms with Crippen molar-refractivity contribution in [2.45, 2.75) is 127 Å². The molecule has 2 aliphatic heterocycles. The molecule has 1 aromatic carbocycles. The van der Waals surface area contributed by atoms with Gasteiger partial charge in [-0.15, -0.1) is 0 Å². The molecule has 1 amide bonds. The monoisotopic (exact) mass is 627 g/mol. The summed E-state index contributed by atoms with van der Waals surface area (Å²) in [6.45, 7) is 2.33. The fourth-order valence-corrected chi connectivity index (χ4v) is 5.60. The van der Waals surface area contributed by atoms with Gasteiger partial charge in [0.05, 0.1) is 13.2 Å². The first-order valence-electron chi connectivity index (χ1n) is 15.6. The summed E-state index contributed by atoms with van der Waals surface area (Å²) in [5.74, 6) is -0.672. The Bertz CT molecular complexity index is 1020. The topological polar surface area (TPSA) is 207 Å². The van der Waals surface area contributed by atoms with Crippen LogP contribution in [-0.4, -0.2) is 133 Å². The number of ether oxygens (including phenoxy) is 3. The normalized spacial score (nSPS) is 32.4. The molecule has 0 spiro atoms. The number of unbranched alkanes of at least 4 members (excludes halogenated alkanes) is 7. The first kappa shape index (κ1) is 36.4. The Morgan fingerprint density at radius 1 is 0.727 bits per heavy atom. The van der Waals surface area contributed by atoms with Crippen LogP contribution in [0.4, 0.5) is 0 Å². The van der Waals surface area contributed by atoms with Crippen molar-refractivity contribution in [3.05, 3.63) is 35.4 Å². The van der Waals surface area contributed by atoms with Gasteiger partial charge >= 0.3 is 0 Å². The van der Waals surface area contributed by atoms with Gasteiger partial charge in [-0.1, -0.05) is 64.0 Å². The molecule has 0 radical (unpaired) electrons. The molecule has 13 heteroatoms. The third-order valence-electron chi connectivity index (χ3n) is 8.34. The van der Waals surface area contributed by atoms with Crippen LogP contribution in [0.1, 0.15) is 85.9 Å². The van der Waals surface area contributed by atoms with Crippen molar-refractivity contribution in [3.63, 3.8) is 0 Å². The number of aliphatic hydroxyl groups excluding tert-OH is 7. The van der Waals surface area contributed by atoms with Crippen LogP contribution in [0.25, 0.3) is 0 Å². The van der Waals surface area contributed by atoms with Crippen LogP contribution >= 0.6 is 0 Å². The Morgan fingerprint density at radius 3 is 1.86 bits per heavy atom. The summed E-state index contributed by atoms with van der Waals surface area (Å²) in [5.41, 5.74) is 0.661. The molecule has 0 aliphatic carbocycles. The van der Waals surface area contributed by atoms with Crippen molar-refractivity contribution in [2.75, 3.05) is 19.8 Å². The van der Waals surface area contributed by atoms with E-state index in [0.29, 0.717) is 12.0 Å². The maximum Gasteiger partial charge on any atom is 0.255 e. The molecule has 2 heterocycles. The highest BCUT2D eigenvalue weighted by atomic mass is 16.7. The minimum absolute atomic E-state index is 0.162. The van der Waals surface area contributed by atoms with Crippen LogP contribution in [0.5, 0.6) is 0 Å². The largest absolute Gasteiger partial charge is 0.394 e. The molecule has 2 fully saturated rings. The average Bonchev–Trinajstić information content (AvgIpc) is 3.02. The number of nitrogens with zero attached hydrogens (tertiary/aromatic N) is 1. The molecule has 1 aromatic rings. The van der Waals surface area contributed by atoms with Crippen LogP contribution in [0.15, 0.2) is 24.3 Å². The van der Waals surface area contributed by atoms with E-state index in [2.05, 4.69) is 6.92 Å². The molecule has 44 heavy (non-hydrogen) atoms. The molecule has 13 nitrogen and oxygen atoms in total. The van der Waals surface area contributed by atoms with E-state index in [1.165, 1.54) is 48.9 Å². The Morgan fingerprint density at radius 2 is 1.30 bits per heavy atom. The number of hydrogen-bond acceptors (Lipinski definition) is 12. The van der Waals surface area contributed by atoms with Gasteiger partial charge in [-0.05, 0) is 25.5 Å². The predicted octanol–water partition coefficient (Wildman–Crippen LogP) is 0.0962. The lowest BCUT2D eigenvalue weighted by molar-refractivity contribution is -0.347. The van der Waals surface area contributed by atoms with Gasteiger partial charge in [0.2, 0.25) is 0 Å². The van der Waals surface area contributed by atoms with Gasteiger partial charge in [0.25, 0.3) is 5.91 Å². The maximum atomic E-state index is 13.7. The molecule has 3 rings (SSSR count). The van der Waals surface area contributed by atoms with Gasteiger partial charge in [0.1, 0.15) is 48.8 Å². The van der Waals surface area contributed by atoms with Crippen molar-refractivity contribution in [1.29, 1.82) is 0 Å². The summed E-state index contributed by atoms with van der Waals surface area (Å²) in [6, 6.07) is 6.05.